The highest BCUT2D eigenvalue weighted by atomic mass is 32.2. The summed E-state index contributed by atoms with van der Waals surface area (Å²) in [5.74, 6) is 0. The van der Waals surface area contributed by atoms with Crippen LogP contribution in [0.4, 0.5) is 4.79 Å². The van der Waals surface area contributed by atoms with Crippen LogP contribution in [0.2, 0.25) is 0 Å². The van der Waals surface area contributed by atoms with Gasteiger partial charge in [0.15, 0.2) is 0 Å². The van der Waals surface area contributed by atoms with Crippen molar-refractivity contribution in [3.63, 3.8) is 0 Å². The van der Waals surface area contributed by atoms with E-state index in [4.69, 9.17) is 0 Å². The average Bonchev–Trinajstić information content (AvgIpc) is 3.18. The Morgan fingerprint density at radius 2 is 1.80 bits per heavy atom. The van der Waals surface area contributed by atoms with Gasteiger partial charge in [-0.2, -0.15) is 4.31 Å². The number of aromatic nitrogens is 1. The summed E-state index contributed by atoms with van der Waals surface area (Å²) in [6, 6.07) is 5.00. The molecule has 1 aromatic heterocycles. The monoisotopic (exact) mass is 450 g/mol. The van der Waals surface area contributed by atoms with E-state index < -0.39 is 10.0 Å². The molecule has 7 nitrogen and oxygen atoms in total. The van der Waals surface area contributed by atoms with Crippen molar-refractivity contribution >= 4 is 27.4 Å². The zero-order valence-electron chi connectivity index (χ0n) is 18.2. The van der Waals surface area contributed by atoms with Crippen LogP contribution < -0.4 is 5.32 Å². The maximum atomic E-state index is 12.9. The fraction of sp³-hybridized carbons (Fsp3) is 0.524. The summed E-state index contributed by atoms with van der Waals surface area (Å²) in [7, 11) is -3.55. The summed E-state index contributed by atoms with van der Waals surface area (Å²) in [5.41, 5.74) is 2.84. The number of piperazine rings is 1. The number of amides is 2. The van der Waals surface area contributed by atoms with Gasteiger partial charge in [0, 0.05) is 37.0 Å². The fourth-order valence-corrected chi connectivity index (χ4v) is 5.58. The normalized spacial score (nSPS) is 16.0. The maximum absolute atomic E-state index is 12.9. The number of carbonyl (C=O) groups is 1. The Morgan fingerprint density at radius 3 is 2.37 bits per heavy atom. The van der Waals surface area contributed by atoms with Crippen LogP contribution in [-0.2, 0) is 22.0 Å². The summed E-state index contributed by atoms with van der Waals surface area (Å²) >= 11 is 1.60. The smallest absolute Gasteiger partial charge is 0.317 e. The van der Waals surface area contributed by atoms with E-state index in [9.17, 15) is 13.2 Å². The van der Waals surface area contributed by atoms with E-state index in [1.54, 1.807) is 28.4 Å². The molecule has 9 heteroatoms. The number of benzene rings is 1. The maximum Gasteiger partial charge on any atom is 0.317 e. The Labute approximate surface area is 183 Å². The van der Waals surface area contributed by atoms with Gasteiger partial charge < -0.3 is 10.2 Å². The van der Waals surface area contributed by atoms with Gasteiger partial charge in [0.1, 0.15) is 0 Å². The molecule has 0 unspecified atom stereocenters. The lowest BCUT2D eigenvalue weighted by molar-refractivity contribution is 0.172. The highest BCUT2D eigenvalue weighted by Crippen LogP contribution is 2.25. The zero-order valence-corrected chi connectivity index (χ0v) is 19.9. The SMILES string of the molecule is Cc1ccc(S(=O)(=O)N2CCN(C(=O)NCc3csc(C(C)(C)C)n3)CC2)cc1C. The van der Waals surface area contributed by atoms with Crippen molar-refractivity contribution in [2.24, 2.45) is 0 Å². The van der Waals surface area contributed by atoms with E-state index in [1.165, 1.54) is 4.31 Å². The predicted octanol–water partition coefficient (Wildman–Crippen LogP) is 3.27. The minimum absolute atomic E-state index is 0.00919. The molecule has 1 aromatic carbocycles. The second-order valence-electron chi connectivity index (χ2n) is 8.69. The van der Waals surface area contributed by atoms with E-state index in [1.807, 2.05) is 25.3 Å². The van der Waals surface area contributed by atoms with Gasteiger partial charge in [0.2, 0.25) is 10.0 Å². The largest absolute Gasteiger partial charge is 0.332 e. The van der Waals surface area contributed by atoms with Gasteiger partial charge in [-0.1, -0.05) is 26.8 Å². The molecule has 0 saturated carbocycles. The molecule has 1 fully saturated rings. The zero-order chi connectivity index (χ0) is 22.1. The van der Waals surface area contributed by atoms with Crippen LogP contribution in [0.1, 0.15) is 42.6 Å². The third kappa shape index (κ3) is 5.01. The first-order chi connectivity index (χ1) is 14.0. The van der Waals surface area contributed by atoms with E-state index in [-0.39, 0.29) is 24.5 Å². The van der Waals surface area contributed by atoms with E-state index >= 15 is 0 Å². The third-order valence-corrected chi connectivity index (χ3v) is 8.47. The van der Waals surface area contributed by atoms with E-state index in [0.717, 1.165) is 21.8 Å². The van der Waals surface area contributed by atoms with Crippen molar-refractivity contribution in [1.82, 2.24) is 19.5 Å². The molecular weight excluding hydrogens is 420 g/mol. The molecule has 2 aromatic rings. The number of nitrogens with one attached hydrogen (secondary N) is 1. The molecule has 3 rings (SSSR count). The number of carbonyl (C=O) groups excluding carboxylic acids is 1. The van der Waals surface area contributed by atoms with Crippen LogP contribution in [0.5, 0.6) is 0 Å². The molecule has 1 saturated heterocycles. The Kier molecular flexibility index (Phi) is 6.54. The number of rotatable bonds is 4. The summed E-state index contributed by atoms with van der Waals surface area (Å²) in [5, 5.41) is 5.90. The van der Waals surface area contributed by atoms with E-state index in [0.29, 0.717) is 24.5 Å². The minimum atomic E-state index is -3.55. The van der Waals surface area contributed by atoms with Gasteiger partial charge in [0.05, 0.1) is 22.1 Å². The lowest BCUT2D eigenvalue weighted by Gasteiger charge is -2.34. The average molecular weight is 451 g/mol. The first kappa shape index (κ1) is 22.7. The number of aryl methyl sites for hydroxylation is 2. The fourth-order valence-electron chi connectivity index (χ4n) is 3.17. The predicted molar refractivity (Wildman–Crippen MR) is 119 cm³/mol. The number of urea groups is 1. The van der Waals surface area contributed by atoms with Gasteiger partial charge >= 0.3 is 6.03 Å². The van der Waals surface area contributed by atoms with Crippen LogP contribution in [0.3, 0.4) is 0 Å². The van der Waals surface area contributed by atoms with Gasteiger partial charge in [-0.3, -0.25) is 0 Å². The molecule has 0 radical (unpaired) electrons. The van der Waals surface area contributed by atoms with Crippen molar-refractivity contribution < 1.29 is 13.2 Å². The lowest BCUT2D eigenvalue weighted by Crippen LogP contribution is -2.53. The van der Waals surface area contributed by atoms with Crippen molar-refractivity contribution in [2.45, 2.75) is 51.5 Å². The van der Waals surface area contributed by atoms with Crippen LogP contribution in [0.25, 0.3) is 0 Å². The molecule has 0 spiro atoms. The molecule has 1 aliphatic heterocycles. The third-order valence-electron chi connectivity index (χ3n) is 5.26. The van der Waals surface area contributed by atoms with Crippen molar-refractivity contribution in [3.8, 4) is 0 Å². The number of hydrogen-bond acceptors (Lipinski definition) is 5. The van der Waals surface area contributed by atoms with Crippen molar-refractivity contribution in [2.75, 3.05) is 26.2 Å². The number of thiazole rings is 1. The van der Waals surface area contributed by atoms with Gasteiger partial charge in [-0.25, -0.2) is 18.2 Å². The van der Waals surface area contributed by atoms with E-state index in [2.05, 4.69) is 31.1 Å². The molecule has 2 amide bonds. The molecule has 164 valence electrons. The van der Waals surface area contributed by atoms with Crippen molar-refractivity contribution in [1.29, 1.82) is 0 Å². The molecular formula is C21H30N4O3S2. The molecule has 2 heterocycles. The standard InChI is InChI=1S/C21H30N4O3S2/c1-15-6-7-18(12-16(15)2)30(27,28)25-10-8-24(9-11-25)20(26)22-13-17-14-29-19(23-17)21(3,4)5/h6-7,12,14H,8-11,13H2,1-5H3,(H,22,26). The molecule has 1 N–H and O–H groups in total. The molecule has 0 bridgehead atoms. The van der Waals surface area contributed by atoms with Gasteiger partial charge in [-0.05, 0) is 37.1 Å². The Hall–Kier alpha value is -1.97. The van der Waals surface area contributed by atoms with Gasteiger partial charge in [-0.15, -0.1) is 11.3 Å². The summed E-state index contributed by atoms with van der Waals surface area (Å²) < 4.78 is 27.3. The first-order valence-electron chi connectivity index (χ1n) is 10.0. The molecule has 1 aliphatic rings. The quantitative estimate of drug-likeness (QED) is 0.775. The Morgan fingerprint density at radius 1 is 1.13 bits per heavy atom. The highest BCUT2D eigenvalue weighted by molar-refractivity contribution is 7.89. The minimum Gasteiger partial charge on any atom is -0.332 e. The lowest BCUT2D eigenvalue weighted by atomic mass is 9.98. The first-order valence-corrected chi connectivity index (χ1v) is 12.4. The van der Waals surface area contributed by atoms with Crippen LogP contribution >= 0.6 is 11.3 Å². The number of nitrogens with zero attached hydrogens (tertiary/aromatic N) is 3. The highest BCUT2D eigenvalue weighted by Gasteiger charge is 2.30. The van der Waals surface area contributed by atoms with Crippen molar-refractivity contribution in [3.05, 3.63) is 45.4 Å². The number of hydrogen-bond donors (Lipinski definition) is 1. The van der Waals surface area contributed by atoms with Crippen LogP contribution in [-0.4, -0.2) is 54.8 Å². The summed E-state index contributed by atoms with van der Waals surface area (Å²) in [4.78, 5) is 19.1. The molecule has 0 atom stereocenters. The van der Waals surface area contributed by atoms with Crippen LogP contribution in [0, 0.1) is 13.8 Å². The Bertz CT molecular complexity index is 1020. The number of sulfonamides is 1. The second kappa shape index (κ2) is 8.64. The summed E-state index contributed by atoms with van der Waals surface area (Å²) in [6.45, 7) is 11.9. The van der Waals surface area contributed by atoms with Crippen LogP contribution in [0.15, 0.2) is 28.5 Å². The topological polar surface area (TPSA) is 82.6 Å². The second-order valence-corrected chi connectivity index (χ2v) is 11.5. The molecule has 0 aliphatic carbocycles. The summed E-state index contributed by atoms with van der Waals surface area (Å²) in [6.07, 6.45) is 0. The molecule has 30 heavy (non-hydrogen) atoms. The van der Waals surface area contributed by atoms with Gasteiger partial charge in [0.25, 0.3) is 0 Å². The Balaban J connectivity index is 1.55.